The van der Waals surface area contributed by atoms with Crippen molar-refractivity contribution in [2.75, 3.05) is 56.0 Å². The normalized spacial score (nSPS) is 18.2. The van der Waals surface area contributed by atoms with E-state index >= 15 is 0 Å². The SMILES string of the molecule is Cc1ccccc1N1CCN(CC(=O)Nc2ccc(CN3CCCC3)cc2)CC1. The lowest BCUT2D eigenvalue weighted by Crippen LogP contribution is -2.48. The molecule has 0 unspecified atom stereocenters. The highest BCUT2D eigenvalue weighted by atomic mass is 16.2. The standard InChI is InChI=1S/C24H32N4O/c1-20-6-2-3-7-23(20)28-16-14-27(15-17-28)19-24(29)25-22-10-8-21(9-11-22)18-26-12-4-5-13-26/h2-3,6-11H,4-5,12-19H2,1H3,(H,25,29). The lowest BCUT2D eigenvalue weighted by Gasteiger charge is -2.36. The molecule has 0 atom stereocenters. The van der Waals surface area contributed by atoms with Crippen LogP contribution in [0.2, 0.25) is 0 Å². The molecule has 2 aromatic carbocycles. The van der Waals surface area contributed by atoms with Crippen LogP contribution in [0.4, 0.5) is 11.4 Å². The maximum atomic E-state index is 12.5. The summed E-state index contributed by atoms with van der Waals surface area (Å²) in [6.07, 6.45) is 2.63. The van der Waals surface area contributed by atoms with Crippen molar-refractivity contribution < 1.29 is 4.79 Å². The quantitative estimate of drug-likeness (QED) is 0.818. The number of amides is 1. The van der Waals surface area contributed by atoms with Crippen molar-refractivity contribution in [1.82, 2.24) is 9.80 Å². The summed E-state index contributed by atoms with van der Waals surface area (Å²) >= 11 is 0. The molecule has 154 valence electrons. The number of carbonyl (C=O) groups is 1. The second-order valence-electron chi connectivity index (χ2n) is 8.28. The van der Waals surface area contributed by atoms with Crippen molar-refractivity contribution in [2.45, 2.75) is 26.3 Å². The largest absolute Gasteiger partial charge is 0.369 e. The predicted octanol–water partition coefficient (Wildman–Crippen LogP) is 3.35. The fourth-order valence-corrected chi connectivity index (χ4v) is 4.36. The number of para-hydroxylation sites is 1. The first kappa shape index (κ1) is 19.9. The molecule has 2 saturated heterocycles. The van der Waals surface area contributed by atoms with Crippen molar-refractivity contribution in [3.05, 3.63) is 59.7 Å². The van der Waals surface area contributed by atoms with Crippen molar-refractivity contribution in [1.29, 1.82) is 0 Å². The highest BCUT2D eigenvalue weighted by Gasteiger charge is 2.20. The third-order valence-electron chi connectivity index (χ3n) is 6.04. The summed E-state index contributed by atoms with van der Waals surface area (Å²) in [5, 5.41) is 3.05. The van der Waals surface area contributed by atoms with Crippen molar-refractivity contribution in [3.8, 4) is 0 Å². The molecule has 2 aliphatic rings. The predicted molar refractivity (Wildman–Crippen MR) is 119 cm³/mol. The molecule has 0 radical (unpaired) electrons. The zero-order valence-corrected chi connectivity index (χ0v) is 17.4. The van der Waals surface area contributed by atoms with Gasteiger partial charge in [0.05, 0.1) is 6.54 Å². The molecule has 0 spiro atoms. The van der Waals surface area contributed by atoms with E-state index in [9.17, 15) is 4.79 Å². The first-order chi connectivity index (χ1) is 14.2. The van der Waals surface area contributed by atoms with Gasteiger partial charge in [0, 0.05) is 44.1 Å². The van der Waals surface area contributed by atoms with Crippen molar-refractivity contribution in [2.24, 2.45) is 0 Å². The lowest BCUT2D eigenvalue weighted by atomic mass is 10.1. The van der Waals surface area contributed by atoms with Gasteiger partial charge in [-0.2, -0.15) is 0 Å². The Hall–Kier alpha value is -2.37. The summed E-state index contributed by atoms with van der Waals surface area (Å²) < 4.78 is 0. The molecule has 29 heavy (non-hydrogen) atoms. The second kappa shape index (κ2) is 9.42. The summed E-state index contributed by atoms with van der Waals surface area (Å²) in [5.74, 6) is 0.0710. The van der Waals surface area contributed by atoms with Crippen LogP contribution in [-0.4, -0.2) is 61.5 Å². The molecule has 2 heterocycles. The van der Waals surface area contributed by atoms with E-state index in [0.29, 0.717) is 6.54 Å². The Morgan fingerprint density at radius 1 is 0.862 bits per heavy atom. The van der Waals surface area contributed by atoms with E-state index in [4.69, 9.17) is 0 Å². The van der Waals surface area contributed by atoms with Gasteiger partial charge in [-0.15, -0.1) is 0 Å². The monoisotopic (exact) mass is 392 g/mol. The van der Waals surface area contributed by atoms with Gasteiger partial charge >= 0.3 is 0 Å². The Bertz CT molecular complexity index is 806. The Labute approximate surface area is 174 Å². The molecular weight excluding hydrogens is 360 g/mol. The summed E-state index contributed by atoms with van der Waals surface area (Å²) in [5.41, 5.74) is 4.83. The van der Waals surface area contributed by atoms with Gasteiger partial charge in [0.2, 0.25) is 5.91 Å². The first-order valence-electron chi connectivity index (χ1n) is 10.8. The van der Waals surface area contributed by atoms with Crippen LogP contribution in [0.5, 0.6) is 0 Å². The number of nitrogens with zero attached hydrogens (tertiary/aromatic N) is 3. The van der Waals surface area contributed by atoms with Gasteiger partial charge in [0.15, 0.2) is 0 Å². The molecule has 2 fully saturated rings. The van der Waals surface area contributed by atoms with E-state index in [1.54, 1.807) is 0 Å². The van der Waals surface area contributed by atoms with E-state index < -0.39 is 0 Å². The van der Waals surface area contributed by atoms with E-state index in [1.807, 2.05) is 12.1 Å². The molecular formula is C24H32N4O. The molecule has 2 aliphatic heterocycles. The van der Waals surface area contributed by atoms with Gasteiger partial charge < -0.3 is 10.2 Å². The highest BCUT2D eigenvalue weighted by Crippen LogP contribution is 2.21. The summed E-state index contributed by atoms with van der Waals surface area (Å²) in [6, 6.07) is 16.8. The number of hydrogen-bond donors (Lipinski definition) is 1. The number of rotatable bonds is 6. The number of aryl methyl sites for hydroxylation is 1. The molecule has 0 bridgehead atoms. The Morgan fingerprint density at radius 2 is 1.55 bits per heavy atom. The van der Waals surface area contributed by atoms with Gasteiger partial charge in [-0.05, 0) is 62.2 Å². The molecule has 2 aromatic rings. The van der Waals surface area contributed by atoms with Gasteiger partial charge in [-0.1, -0.05) is 30.3 Å². The number of hydrogen-bond acceptors (Lipinski definition) is 4. The minimum absolute atomic E-state index is 0.0710. The third kappa shape index (κ3) is 5.37. The minimum atomic E-state index is 0.0710. The fourth-order valence-electron chi connectivity index (χ4n) is 4.36. The van der Waals surface area contributed by atoms with Crippen LogP contribution < -0.4 is 10.2 Å². The molecule has 4 rings (SSSR count). The van der Waals surface area contributed by atoms with Crippen LogP contribution in [0, 0.1) is 6.92 Å². The maximum absolute atomic E-state index is 12.5. The number of anilines is 2. The summed E-state index contributed by atoms with van der Waals surface area (Å²) in [6.45, 7) is 9.78. The van der Waals surface area contributed by atoms with Crippen LogP contribution >= 0.6 is 0 Å². The smallest absolute Gasteiger partial charge is 0.238 e. The molecule has 1 amide bonds. The van der Waals surface area contributed by atoms with Crippen molar-refractivity contribution in [3.63, 3.8) is 0 Å². The van der Waals surface area contributed by atoms with Crippen LogP contribution in [-0.2, 0) is 11.3 Å². The maximum Gasteiger partial charge on any atom is 0.238 e. The van der Waals surface area contributed by atoms with Crippen molar-refractivity contribution >= 4 is 17.3 Å². The van der Waals surface area contributed by atoms with Gasteiger partial charge in [0.25, 0.3) is 0 Å². The number of nitrogens with one attached hydrogen (secondary N) is 1. The number of piperazine rings is 1. The second-order valence-corrected chi connectivity index (χ2v) is 8.28. The van der Waals surface area contributed by atoms with Gasteiger partial charge in [-0.3, -0.25) is 14.6 Å². The zero-order chi connectivity index (χ0) is 20.1. The van der Waals surface area contributed by atoms with E-state index in [-0.39, 0.29) is 5.91 Å². The Kier molecular flexibility index (Phi) is 6.47. The number of carbonyl (C=O) groups excluding carboxylic acids is 1. The van der Waals surface area contributed by atoms with Crippen LogP contribution in [0.25, 0.3) is 0 Å². The first-order valence-corrected chi connectivity index (χ1v) is 10.8. The highest BCUT2D eigenvalue weighted by molar-refractivity contribution is 5.92. The Balaban J connectivity index is 1.22. The zero-order valence-electron chi connectivity index (χ0n) is 17.4. The number of likely N-dealkylation sites (tertiary alicyclic amines) is 1. The van der Waals surface area contributed by atoms with E-state index in [0.717, 1.165) is 38.4 Å². The van der Waals surface area contributed by atoms with Crippen LogP contribution in [0.15, 0.2) is 48.5 Å². The summed E-state index contributed by atoms with van der Waals surface area (Å²) in [7, 11) is 0. The average molecular weight is 393 g/mol. The lowest BCUT2D eigenvalue weighted by molar-refractivity contribution is -0.117. The number of benzene rings is 2. The minimum Gasteiger partial charge on any atom is -0.369 e. The molecule has 0 aliphatic carbocycles. The topological polar surface area (TPSA) is 38.8 Å². The fraction of sp³-hybridized carbons (Fsp3) is 0.458. The van der Waals surface area contributed by atoms with Crippen LogP contribution in [0.3, 0.4) is 0 Å². The molecule has 0 saturated carbocycles. The third-order valence-corrected chi connectivity index (χ3v) is 6.04. The molecule has 1 N–H and O–H groups in total. The molecule has 0 aromatic heterocycles. The summed E-state index contributed by atoms with van der Waals surface area (Å²) in [4.78, 5) is 19.6. The average Bonchev–Trinajstić information content (AvgIpc) is 3.24. The van der Waals surface area contributed by atoms with E-state index in [1.165, 1.54) is 42.7 Å². The van der Waals surface area contributed by atoms with Crippen LogP contribution in [0.1, 0.15) is 24.0 Å². The molecule has 5 heteroatoms. The van der Waals surface area contributed by atoms with Gasteiger partial charge in [-0.25, -0.2) is 0 Å². The van der Waals surface area contributed by atoms with Gasteiger partial charge in [0.1, 0.15) is 0 Å². The van der Waals surface area contributed by atoms with E-state index in [2.05, 4.69) is 63.3 Å². The molecule has 5 nitrogen and oxygen atoms in total. The Morgan fingerprint density at radius 3 is 2.24 bits per heavy atom.